The van der Waals surface area contributed by atoms with Gasteiger partial charge in [-0.3, -0.25) is 0 Å². The maximum atomic E-state index is 10.6. The van der Waals surface area contributed by atoms with Crippen molar-refractivity contribution in [1.82, 2.24) is 9.97 Å². The van der Waals surface area contributed by atoms with Crippen molar-refractivity contribution in [1.29, 1.82) is 0 Å². The molecular formula is C16H20N2O3. The van der Waals surface area contributed by atoms with Crippen LogP contribution in [0.5, 0.6) is 0 Å². The number of nitrogens with zero attached hydrogens (tertiary/aromatic N) is 2. The molecule has 0 aliphatic heterocycles. The molecule has 5 heteroatoms. The largest absolute Gasteiger partial charge is 0.440 e. The molecule has 0 fully saturated rings. The van der Waals surface area contributed by atoms with Crippen LogP contribution < -0.4 is 0 Å². The van der Waals surface area contributed by atoms with E-state index in [2.05, 4.69) is 9.97 Å². The van der Waals surface area contributed by atoms with Crippen LogP contribution in [0.4, 0.5) is 0 Å². The summed E-state index contributed by atoms with van der Waals surface area (Å²) in [5.41, 5.74) is 3.18. The molecule has 3 rings (SSSR count). The van der Waals surface area contributed by atoms with Crippen LogP contribution in [0.3, 0.4) is 0 Å². The van der Waals surface area contributed by atoms with Crippen molar-refractivity contribution in [3.63, 3.8) is 0 Å². The average molecular weight is 288 g/mol. The van der Waals surface area contributed by atoms with Crippen molar-refractivity contribution in [2.24, 2.45) is 0 Å². The maximum Gasteiger partial charge on any atom is 0.195 e. The Bertz CT molecular complexity index is 762. The number of aromatic nitrogens is 2. The summed E-state index contributed by atoms with van der Waals surface area (Å²) in [5.74, 6) is 1.31. The fourth-order valence-electron chi connectivity index (χ4n) is 2.66. The van der Waals surface area contributed by atoms with Gasteiger partial charge in [-0.05, 0) is 20.8 Å². The second kappa shape index (κ2) is 4.56. The summed E-state index contributed by atoms with van der Waals surface area (Å²) in [5, 5.41) is 10.6. The van der Waals surface area contributed by atoms with E-state index in [1.807, 2.05) is 20.8 Å². The minimum atomic E-state index is -1.09. The van der Waals surface area contributed by atoms with E-state index in [0.29, 0.717) is 46.9 Å². The van der Waals surface area contributed by atoms with Gasteiger partial charge in [0.2, 0.25) is 0 Å². The molecular weight excluding hydrogens is 268 g/mol. The first kappa shape index (κ1) is 14.1. The van der Waals surface area contributed by atoms with E-state index >= 15 is 0 Å². The molecule has 5 nitrogen and oxygen atoms in total. The van der Waals surface area contributed by atoms with Gasteiger partial charge in [0, 0.05) is 18.4 Å². The third-order valence-corrected chi connectivity index (χ3v) is 3.72. The second-order valence-corrected chi connectivity index (χ2v) is 5.84. The molecule has 0 aliphatic carbocycles. The van der Waals surface area contributed by atoms with E-state index < -0.39 is 5.60 Å². The van der Waals surface area contributed by atoms with Gasteiger partial charge in [0.15, 0.2) is 22.9 Å². The lowest BCUT2D eigenvalue weighted by Gasteiger charge is -2.18. The third-order valence-electron chi connectivity index (χ3n) is 3.72. The molecule has 0 atom stereocenters. The summed E-state index contributed by atoms with van der Waals surface area (Å²) in [4.78, 5) is 9.05. The summed E-state index contributed by atoms with van der Waals surface area (Å²) in [6.45, 7) is 9.38. The number of aliphatic hydroxyl groups is 1. The molecule has 0 aliphatic rings. The molecule has 2 aromatic heterocycles. The van der Waals surface area contributed by atoms with E-state index in [9.17, 15) is 5.11 Å². The minimum absolute atomic E-state index is 0.611. The fraction of sp³-hybridized carbons (Fsp3) is 0.500. The number of benzene rings is 1. The van der Waals surface area contributed by atoms with E-state index in [-0.39, 0.29) is 0 Å². The normalized spacial score (nSPS) is 12.7. The Morgan fingerprint density at radius 2 is 1.48 bits per heavy atom. The van der Waals surface area contributed by atoms with E-state index in [4.69, 9.17) is 8.83 Å². The Morgan fingerprint density at radius 3 is 2.00 bits per heavy atom. The van der Waals surface area contributed by atoms with Crippen molar-refractivity contribution >= 4 is 22.2 Å². The van der Waals surface area contributed by atoms with Gasteiger partial charge >= 0.3 is 0 Å². The van der Waals surface area contributed by atoms with Gasteiger partial charge in [0.05, 0.1) is 11.2 Å². The topological polar surface area (TPSA) is 72.3 Å². The minimum Gasteiger partial charge on any atom is -0.440 e. The molecule has 21 heavy (non-hydrogen) atoms. The van der Waals surface area contributed by atoms with Crippen LogP contribution in [0.1, 0.15) is 50.6 Å². The SMILES string of the molecule is CCc1nc2c(C(C)(C)O)c3oc(CC)nc3c(C)c2o1. The molecule has 0 radical (unpaired) electrons. The number of fused-ring (bicyclic) bond motifs is 2. The van der Waals surface area contributed by atoms with E-state index in [1.54, 1.807) is 13.8 Å². The van der Waals surface area contributed by atoms with Crippen LogP contribution in [0.15, 0.2) is 8.83 Å². The quantitative estimate of drug-likeness (QED) is 0.796. The van der Waals surface area contributed by atoms with Crippen molar-refractivity contribution in [2.75, 3.05) is 0 Å². The zero-order valence-corrected chi connectivity index (χ0v) is 13.1. The highest BCUT2D eigenvalue weighted by atomic mass is 16.4. The first-order valence-corrected chi connectivity index (χ1v) is 7.31. The van der Waals surface area contributed by atoms with Gasteiger partial charge in [-0.1, -0.05) is 13.8 Å². The molecule has 0 saturated carbocycles. The van der Waals surface area contributed by atoms with E-state index in [1.165, 1.54) is 0 Å². The lowest BCUT2D eigenvalue weighted by molar-refractivity contribution is 0.0805. The summed E-state index contributed by atoms with van der Waals surface area (Å²) < 4.78 is 11.7. The Labute approximate surface area is 123 Å². The average Bonchev–Trinajstić information content (AvgIpc) is 3.01. The molecule has 1 N–H and O–H groups in total. The first-order chi connectivity index (χ1) is 9.86. The zero-order chi connectivity index (χ0) is 15.4. The Balaban J connectivity index is 2.53. The predicted molar refractivity (Wildman–Crippen MR) is 80.3 cm³/mol. The molecule has 3 aromatic rings. The summed E-state index contributed by atoms with van der Waals surface area (Å²) >= 11 is 0. The number of oxazole rings is 2. The van der Waals surface area contributed by atoms with Gasteiger partial charge in [-0.2, -0.15) is 0 Å². The number of rotatable bonds is 3. The second-order valence-electron chi connectivity index (χ2n) is 5.84. The molecule has 0 spiro atoms. The van der Waals surface area contributed by atoms with Crippen LogP contribution in [0.2, 0.25) is 0 Å². The Morgan fingerprint density at radius 1 is 0.952 bits per heavy atom. The zero-order valence-electron chi connectivity index (χ0n) is 13.1. The van der Waals surface area contributed by atoms with Gasteiger partial charge < -0.3 is 13.9 Å². The molecule has 0 saturated heterocycles. The van der Waals surface area contributed by atoms with Crippen LogP contribution in [0.25, 0.3) is 22.2 Å². The lowest BCUT2D eigenvalue weighted by Crippen LogP contribution is -2.16. The summed E-state index contributed by atoms with van der Waals surface area (Å²) in [7, 11) is 0. The summed E-state index contributed by atoms with van der Waals surface area (Å²) in [6.07, 6.45) is 1.41. The Hall–Kier alpha value is -1.88. The number of hydrogen-bond donors (Lipinski definition) is 1. The standard InChI is InChI=1S/C16H20N2O3/c1-6-9-17-12-8(3)14-13(18-10(7-2)20-14)11(15(12)21-9)16(4,5)19/h19H,6-7H2,1-5H3. The van der Waals surface area contributed by atoms with Crippen molar-refractivity contribution < 1.29 is 13.9 Å². The molecule has 112 valence electrons. The maximum absolute atomic E-state index is 10.6. The monoisotopic (exact) mass is 288 g/mol. The molecule has 2 heterocycles. The highest BCUT2D eigenvalue weighted by Gasteiger charge is 2.30. The molecule has 1 aromatic carbocycles. The highest BCUT2D eigenvalue weighted by molar-refractivity contribution is 5.98. The molecule has 0 amide bonds. The van der Waals surface area contributed by atoms with Crippen molar-refractivity contribution in [2.45, 2.75) is 53.1 Å². The van der Waals surface area contributed by atoms with Crippen molar-refractivity contribution in [3.05, 3.63) is 22.9 Å². The van der Waals surface area contributed by atoms with Gasteiger partial charge in [-0.25, -0.2) is 9.97 Å². The molecule has 0 bridgehead atoms. The van der Waals surface area contributed by atoms with Crippen molar-refractivity contribution in [3.8, 4) is 0 Å². The third kappa shape index (κ3) is 2.03. The van der Waals surface area contributed by atoms with Crippen LogP contribution in [0, 0.1) is 6.92 Å². The predicted octanol–water partition coefficient (Wildman–Crippen LogP) is 3.63. The molecule has 0 unspecified atom stereocenters. The highest BCUT2D eigenvalue weighted by Crippen LogP contribution is 2.38. The first-order valence-electron chi connectivity index (χ1n) is 7.31. The number of aryl methyl sites for hydroxylation is 3. The van der Waals surface area contributed by atoms with Gasteiger partial charge in [-0.15, -0.1) is 0 Å². The lowest BCUT2D eigenvalue weighted by atomic mass is 9.94. The van der Waals surface area contributed by atoms with Gasteiger partial charge in [0.1, 0.15) is 11.0 Å². The Kier molecular flexibility index (Phi) is 3.06. The van der Waals surface area contributed by atoms with Crippen LogP contribution in [-0.2, 0) is 18.4 Å². The number of hydrogen-bond acceptors (Lipinski definition) is 5. The van der Waals surface area contributed by atoms with Gasteiger partial charge in [0.25, 0.3) is 0 Å². The smallest absolute Gasteiger partial charge is 0.195 e. The fourth-order valence-corrected chi connectivity index (χ4v) is 2.66. The summed E-state index contributed by atoms with van der Waals surface area (Å²) in [6, 6.07) is 0. The van der Waals surface area contributed by atoms with Crippen LogP contribution in [-0.4, -0.2) is 15.1 Å². The van der Waals surface area contributed by atoms with E-state index in [0.717, 1.165) is 11.1 Å². The van der Waals surface area contributed by atoms with Crippen LogP contribution >= 0.6 is 0 Å².